The summed E-state index contributed by atoms with van der Waals surface area (Å²) in [4.78, 5) is 7.33. The molecule has 2 aromatic heterocycles. The predicted octanol–water partition coefficient (Wildman–Crippen LogP) is 3.65. The first-order valence-electron chi connectivity index (χ1n) is 8.36. The number of aromatic amines is 1. The van der Waals surface area contributed by atoms with E-state index in [4.69, 9.17) is 4.98 Å². The number of fused-ring (bicyclic) bond motifs is 1. The minimum Gasteiger partial charge on any atom is -0.297 e. The minimum atomic E-state index is 0.562. The van der Waals surface area contributed by atoms with Crippen molar-refractivity contribution in [2.75, 3.05) is 13.1 Å². The molecule has 1 aliphatic rings. The number of para-hydroxylation sites is 1. The SMILES string of the molecule is Cc1cn[nH]c1[C@@H]1CCCN(Cc2ccc3ccccc3n2)C1. The van der Waals surface area contributed by atoms with Gasteiger partial charge in [0.1, 0.15) is 0 Å². The lowest BCUT2D eigenvalue weighted by molar-refractivity contribution is 0.196. The van der Waals surface area contributed by atoms with Gasteiger partial charge in [0.2, 0.25) is 0 Å². The lowest BCUT2D eigenvalue weighted by atomic mass is 9.93. The third-order valence-corrected chi connectivity index (χ3v) is 4.82. The fourth-order valence-corrected chi connectivity index (χ4v) is 3.63. The Balaban J connectivity index is 1.50. The molecule has 0 amide bonds. The number of likely N-dealkylation sites (tertiary alicyclic amines) is 1. The molecule has 1 fully saturated rings. The molecule has 0 unspecified atom stereocenters. The van der Waals surface area contributed by atoms with E-state index in [1.807, 2.05) is 6.20 Å². The van der Waals surface area contributed by atoms with Crippen molar-refractivity contribution in [1.29, 1.82) is 0 Å². The van der Waals surface area contributed by atoms with Gasteiger partial charge in [0.05, 0.1) is 17.4 Å². The summed E-state index contributed by atoms with van der Waals surface area (Å²) in [5.74, 6) is 0.562. The van der Waals surface area contributed by atoms with E-state index in [0.29, 0.717) is 5.92 Å². The van der Waals surface area contributed by atoms with E-state index < -0.39 is 0 Å². The van der Waals surface area contributed by atoms with Gasteiger partial charge in [-0.3, -0.25) is 15.0 Å². The second kappa shape index (κ2) is 6.13. The molecule has 4 rings (SSSR count). The smallest absolute Gasteiger partial charge is 0.0705 e. The van der Waals surface area contributed by atoms with E-state index in [1.54, 1.807) is 0 Å². The highest BCUT2D eigenvalue weighted by atomic mass is 15.2. The maximum Gasteiger partial charge on any atom is 0.0705 e. The highest BCUT2D eigenvalue weighted by Gasteiger charge is 2.23. The van der Waals surface area contributed by atoms with Crippen LogP contribution in [0.15, 0.2) is 42.6 Å². The number of pyridine rings is 1. The molecule has 4 heteroatoms. The van der Waals surface area contributed by atoms with Crippen LogP contribution in [0.5, 0.6) is 0 Å². The van der Waals surface area contributed by atoms with Crippen LogP contribution in [0.2, 0.25) is 0 Å². The summed E-state index contributed by atoms with van der Waals surface area (Å²) in [7, 11) is 0. The van der Waals surface area contributed by atoms with Crippen molar-refractivity contribution in [1.82, 2.24) is 20.1 Å². The Bertz CT molecular complexity index is 808. The third kappa shape index (κ3) is 2.99. The average molecular weight is 306 g/mol. The number of nitrogens with one attached hydrogen (secondary N) is 1. The Hall–Kier alpha value is -2.20. The summed E-state index contributed by atoms with van der Waals surface area (Å²) >= 11 is 0. The Kier molecular flexibility index (Phi) is 3.83. The van der Waals surface area contributed by atoms with Crippen LogP contribution in [-0.2, 0) is 6.54 Å². The Labute approximate surface area is 136 Å². The lowest BCUT2D eigenvalue weighted by Gasteiger charge is -2.32. The molecule has 0 aliphatic carbocycles. The summed E-state index contributed by atoms with van der Waals surface area (Å²) in [5, 5.41) is 8.58. The second-order valence-corrected chi connectivity index (χ2v) is 6.54. The number of aryl methyl sites for hydroxylation is 1. The molecule has 0 radical (unpaired) electrons. The molecule has 4 nitrogen and oxygen atoms in total. The summed E-state index contributed by atoms with van der Waals surface area (Å²) in [6, 6.07) is 12.7. The minimum absolute atomic E-state index is 0.562. The maximum atomic E-state index is 4.81. The Morgan fingerprint density at radius 1 is 1.22 bits per heavy atom. The number of nitrogens with zero attached hydrogens (tertiary/aromatic N) is 3. The van der Waals surface area contributed by atoms with Crippen LogP contribution in [0.1, 0.15) is 35.7 Å². The number of hydrogen-bond donors (Lipinski definition) is 1. The van der Waals surface area contributed by atoms with Crippen molar-refractivity contribution in [2.24, 2.45) is 0 Å². The topological polar surface area (TPSA) is 44.8 Å². The fraction of sp³-hybridized carbons (Fsp3) is 0.368. The first kappa shape index (κ1) is 14.4. The number of rotatable bonds is 3. The predicted molar refractivity (Wildman–Crippen MR) is 92.3 cm³/mol. The van der Waals surface area contributed by atoms with Gasteiger partial charge in [0.15, 0.2) is 0 Å². The van der Waals surface area contributed by atoms with Gasteiger partial charge in [-0.05, 0) is 44.0 Å². The van der Waals surface area contributed by atoms with Crippen LogP contribution in [0.25, 0.3) is 10.9 Å². The maximum absolute atomic E-state index is 4.81. The second-order valence-electron chi connectivity index (χ2n) is 6.54. The van der Waals surface area contributed by atoms with Gasteiger partial charge in [-0.1, -0.05) is 24.3 Å². The molecule has 3 aromatic rings. The van der Waals surface area contributed by atoms with Crippen LogP contribution in [-0.4, -0.2) is 33.2 Å². The first-order chi connectivity index (χ1) is 11.3. The van der Waals surface area contributed by atoms with Crippen molar-refractivity contribution >= 4 is 10.9 Å². The zero-order valence-corrected chi connectivity index (χ0v) is 13.5. The van der Waals surface area contributed by atoms with Gasteiger partial charge >= 0.3 is 0 Å². The monoisotopic (exact) mass is 306 g/mol. The number of benzene rings is 1. The summed E-state index contributed by atoms with van der Waals surface area (Å²) in [6.07, 6.45) is 4.40. The molecule has 1 atom stereocenters. The lowest BCUT2D eigenvalue weighted by Crippen LogP contribution is -2.34. The molecule has 0 spiro atoms. The molecule has 0 bridgehead atoms. The zero-order valence-electron chi connectivity index (χ0n) is 13.5. The third-order valence-electron chi connectivity index (χ3n) is 4.82. The van der Waals surface area contributed by atoms with E-state index in [1.165, 1.54) is 29.5 Å². The van der Waals surface area contributed by atoms with E-state index in [-0.39, 0.29) is 0 Å². The quantitative estimate of drug-likeness (QED) is 0.803. The zero-order chi connectivity index (χ0) is 15.6. The van der Waals surface area contributed by atoms with E-state index in [2.05, 4.69) is 58.4 Å². The summed E-state index contributed by atoms with van der Waals surface area (Å²) in [5.41, 5.74) is 4.83. The highest BCUT2D eigenvalue weighted by Crippen LogP contribution is 2.28. The van der Waals surface area contributed by atoms with Gasteiger partial charge in [-0.2, -0.15) is 5.10 Å². The first-order valence-corrected chi connectivity index (χ1v) is 8.36. The Morgan fingerprint density at radius 2 is 2.13 bits per heavy atom. The van der Waals surface area contributed by atoms with Crippen molar-refractivity contribution < 1.29 is 0 Å². The molecule has 1 aliphatic heterocycles. The molecule has 118 valence electrons. The normalized spacial score (nSPS) is 19.3. The van der Waals surface area contributed by atoms with Gasteiger partial charge < -0.3 is 0 Å². The van der Waals surface area contributed by atoms with Crippen molar-refractivity contribution in [3.63, 3.8) is 0 Å². The molecule has 1 N–H and O–H groups in total. The Morgan fingerprint density at radius 3 is 3.00 bits per heavy atom. The molecule has 1 aromatic carbocycles. The summed E-state index contributed by atoms with van der Waals surface area (Å²) in [6.45, 7) is 5.30. The van der Waals surface area contributed by atoms with Crippen LogP contribution >= 0.6 is 0 Å². The van der Waals surface area contributed by atoms with Gasteiger partial charge in [0.25, 0.3) is 0 Å². The number of piperidine rings is 1. The highest BCUT2D eigenvalue weighted by molar-refractivity contribution is 5.78. The van der Waals surface area contributed by atoms with Crippen molar-refractivity contribution in [3.8, 4) is 0 Å². The van der Waals surface area contributed by atoms with Crippen LogP contribution in [0, 0.1) is 6.92 Å². The number of H-pyrrole nitrogens is 1. The molecule has 23 heavy (non-hydrogen) atoms. The van der Waals surface area contributed by atoms with E-state index in [9.17, 15) is 0 Å². The van der Waals surface area contributed by atoms with Crippen molar-refractivity contribution in [2.45, 2.75) is 32.2 Å². The fourth-order valence-electron chi connectivity index (χ4n) is 3.63. The van der Waals surface area contributed by atoms with E-state index >= 15 is 0 Å². The van der Waals surface area contributed by atoms with Gasteiger partial charge in [-0.25, -0.2) is 0 Å². The van der Waals surface area contributed by atoms with E-state index in [0.717, 1.165) is 30.8 Å². The summed E-state index contributed by atoms with van der Waals surface area (Å²) < 4.78 is 0. The van der Waals surface area contributed by atoms with Gasteiger partial charge in [0, 0.05) is 30.1 Å². The standard InChI is InChI=1S/C19H22N4/c1-14-11-20-22-19(14)16-6-4-10-23(12-16)13-17-9-8-15-5-2-3-7-18(15)21-17/h2-3,5,7-9,11,16H,4,6,10,12-13H2,1H3,(H,20,22)/t16-/m1/s1. The van der Waals surface area contributed by atoms with Crippen LogP contribution < -0.4 is 0 Å². The largest absolute Gasteiger partial charge is 0.297 e. The molecule has 1 saturated heterocycles. The molecular formula is C19H22N4. The number of aromatic nitrogens is 3. The molecular weight excluding hydrogens is 284 g/mol. The van der Waals surface area contributed by atoms with Crippen molar-refractivity contribution in [3.05, 3.63) is 59.5 Å². The number of hydrogen-bond acceptors (Lipinski definition) is 3. The average Bonchev–Trinajstić information content (AvgIpc) is 3.01. The molecule has 3 heterocycles. The van der Waals surface area contributed by atoms with Crippen LogP contribution in [0.4, 0.5) is 0 Å². The van der Waals surface area contributed by atoms with Crippen LogP contribution in [0.3, 0.4) is 0 Å². The molecule has 0 saturated carbocycles. The van der Waals surface area contributed by atoms with Gasteiger partial charge in [-0.15, -0.1) is 0 Å².